The molecule has 2 aliphatic heterocycles. The van der Waals surface area contributed by atoms with Gasteiger partial charge in [-0.1, -0.05) is 0 Å². The Morgan fingerprint density at radius 3 is 2.59 bits per heavy atom. The third kappa shape index (κ3) is 5.09. The summed E-state index contributed by atoms with van der Waals surface area (Å²) in [6.07, 6.45) is 2.62. The van der Waals surface area contributed by atoms with E-state index in [1.807, 2.05) is 32.9 Å². The zero-order valence-electron chi connectivity index (χ0n) is 16.2. The summed E-state index contributed by atoms with van der Waals surface area (Å²) in [6, 6.07) is 3.21. The number of nitrogens with zero attached hydrogens (tertiary/aromatic N) is 3. The van der Waals surface area contributed by atoms with Crippen LogP contribution in [0.5, 0.6) is 0 Å². The van der Waals surface area contributed by atoms with E-state index in [4.69, 9.17) is 9.47 Å². The second kappa shape index (κ2) is 8.12. The van der Waals surface area contributed by atoms with Crippen molar-refractivity contribution in [3.8, 4) is 0 Å². The van der Waals surface area contributed by atoms with Gasteiger partial charge in [-0.05, 0) is 45.7 Å². The molecule has 1 aromatic heterocycles. The Labute approximate surface area is 159 Å². The fraction of sp³-hybridized carbons (Fsp3) is 0.632. The Bertz CT molecular complexity index is 665. The smallest absolute Gasteiger partial charge is 0.410 e. The fourth-order valence-corrected chi connectivity index (χ4v) is 3.24. The summed E-state index contributed by atoms with van der Waals surface area (Å²) in [5, 5.41) is 2.87. The van der Waals surface area contributed by atoms with Crippen LogP contribution in [0.1, 0.15) is 33.6 Å². The van der Waals surface area contributed by atoms with E-state index >= 15 is 0 Å². The maximum Gasteiger partial charge on any atom is 0.410 e. The number of nitrogens with one attached hydrogen (secondary N) is 1. The van der Waals surface area contributed by atoms with Gasteiger partial charge in [0.2, 0.25) is 5.91 Å². The molecular formula is C19H28N4O4. The Morgan fingerprint density at radius 1 is 1.22 bits per heavy atom. The van der Waals surface area contributed by atoms with E-state index in [1.165, 1.54) is 4.90 Å². The molecule has 3 heterocycles. The zero-order chi connectivity index (χ0) is 19.4. The molecule has 8 heteroatoms. The topological polar surface area (TPSA) is 84.0 Å². The van der Waals surface area contributed by atoms with Crippen LogP contribution in [0.25, 0.3) is 0 Å². The predicted molar refractivity (Wildman–Crippen MR) is 102 cm³/mol. The van der Waals surface area contributed by atoms with Gasteiger partial charge in [-0.25, -0.2) is 9.78 Å². The molecule has 148 valence electrons. The molecule has 2 fully saturated rings. The molecule has 2 saturated heterocycles. The number of likely N-dealkylation sites (tertiary alicyclic amines) is 1. The highest BCUT2D eigenvalue weighted by Gasteiger charge is 2.36. The number of rotatable bonds is 3. The van der Waals surface area contributed by atoms with Crippen LogP contribution in [0.15, 0.2) is 18.3 Å². The van der Waals surface area contributed by atoms with E-state index in [0.717, 1.165) is 25.3 Å². The minimum atomic E-state index is -0.583. The van der Waals surface area contributed by atoms with Crippen molar-refractivity contribution in [2.45, 2.75) is 45.3 Å². The summed E-state index contributed by atoms with van der Waals surface area (Å²) < 4.78 is 10.8. The minimum Gasteiger partial charge on any atom is -0.444 e. The molecule has 2 amide bonds. The van der Waals surface area contributed by atoms with Crippen LogP contribution in [-0.4, -0.2) is 66.4 Å². The number of aromatic nitrogens is 1. The number of carbonyl (C=O) groups excluding carboxylic acids is 2. The van der Waals surface area contributed by atoms with Gasteiger partial charge in [0, 0.05) is 19.6 Å². The van der Waals surface area contributed by atoms with E-state index in [0.29, 0.717) is 31.9 Å². The number of anilines is 2. The van der Waals surface area contributed by atoms with E-state index < -0.39 is 17.7 Å². The van der Waals surface area contributed by atoms with Gasteiger partial charge < -0.3 is 19.7 Å². The fourth-order valence-electron chi connectivity index (χ4n) is 3.24. The van der Waals surface area contributed by atoms with Gasteiger partial charge in [-0.15, -0.1) is 0 Å². The van der Waals surface area contributed by atoms with Gasteiger partial charge in [-0.3, -0.25) is 9.69 Å². The van der Waals surface area contributed by atoms with Crippen LogP contribution in [0.4, 0.5) is 16.3 Å². The molecule has 0 spiro atoms. The summed E-state index contributed by atoms with van der Waals surface area (Å²) in [5.41, 5.74) is 0.0352. The van der Waals surface area contributed by atoms with Gasteiger partial charge in [0.05, 0.1) is 25.1 Å². The van der Waals surface area contributed by atoms with Crippen LogP contribution in [-0.2, 0) is 14.3 Å². The summed E-state index contributed by atoms with van der Waals surface area (Å²) in [6.45, 7) is 9.00. The van der Waals surface area contributed by atoms with Gasteiger partial charge in [-0.2, -0.15) is 0 Å². The molecule has 1 aromatic rings. The molecule has 8 nitrogen and oxygen atoms in total. The van der Waals surface area contributed by atoms with Crippen molar-refractivity contribution in [3.63, 3.8) is 0 Å². The average Bonchev–Trinajstić information content (AvgIpc) is 3.12. The van der Waals surface area contributed by atoms with E-state index in [-0.39, 0.29) is 5.91 Å². The molecule has 0 radical (unpaired) electrons. The van der Waals surface area contributed by atoms with Gasteiger partial charge >= 0.3 is 6.09 Å². The molecule has 0 saturated carbocycles. The molecule has 0 aliphatic carbocycles. The van der Waals surface area contributed by atoms with Crippen LogP contribution in [0, 0.1) is 0 Å². The number of carbonyl (C=O) groups is 2. The van der Waals surface area contributed by atoms with Crippen molar-refractivity contribution in [1.82, 2.24) is 9.88 Å². The molecule has 1 atom stereocenters. The van der Waals surface area contributed by atoms with Crippen LogP contribution < -0.4 is 10.2 Å². The van der Waals surface area contributed by atoms with Crippen molar-refractivity contribution in [2.24, 2.45) is 0 Å². The van der Waals surface area contributed by atoms with Crippen molar-refractivity contribution in [1.29, 1.82) is 0 Å². The van der Waals surface area contributed by atoms with Gasteiger partial charge in [0.1, 0.15) is 17.5 Å². The SMILES string of the molecule is CC(C)(C)OC(=O)N1CCCC1C(=O)Nc1ccc(N2CCOCC2)nc1. The maximum atomic E-state index is 12.7. The molecule has 0 bridgehead atoms. The van der Waals surface area contributed by atoms with E-state index in [2.05, 4.69) is 15.2 Å². The first-order valence-corrected chi connectivity index (χ1v) is 9.43. The normalized spacial score (nSPS) is 20.5. The summed E-state index contributed by atoms with van der Waals surface area (Å²) in [4.78, 5) is 33.1. The number of ether oxygens (including phenoxy) is 2. The highest BCUT2D eigenvalue weighted by Crippen LogP contribution is 2.23. The van der Waals surface area contributed by atoms with Crippen molar-refractivity contribution in [2.75, 3.05) is 43.1 Å². The van der Waals surface area contributed by atoms with Crippen molar-refractivity contribution >= 4 is 23.5 Å². The highest BCUT2D eigenvalue weighted by atomic mass is 16.6. The van der Waals surface area contributed by atoms with E-state index in [9.17, 15) is 9.59 Å². The first-order chi connectivity index (χ1) is 12.8. The summed E-state index contributed by atoms with van der Waals surface area (Å²) >= 11 is 0. The number of hydrogen-bond donors (Lipinski definition) is 1. The first-order valence-electron chi connectivity index (χ1n) is 9.43. The lowest BCUT2D eigenvalue weighted by Gasteiger charge is -2.28. The van der Waals surface area contributed by atoms with Crippen molar-refractivity contribution in [3.05, 3.63) is 18.3 Å². The number of hydrogen-bond acceptors (Lipinski definition) is 6. The molecule has 1 N–H and O–H groups in total. The lowest BCUT2D eigenvalue weighted by Crippen LogP contribution is -2.45. The maximum absolute atomic E-state index is 12.7. The minimum absolute atomic E-state index is 0.209. The largest absolute Gasteiger partial charge is 0.444 e. The molecule has 1 unspecified atom stereocenters. The Balaban J connectivity index is 1.59. The van der Waals surface area contributed by atoms with E-state index in [1.54, 1.807) is 6.20 Å². The van der Waals surface area contributed by atoms with Crippen molar-refractivity contribution < 1.29 is 19.1 Å². The monoisotopic (exact) mass is 376 g/mol. The molecule has 27 heavy (non-hydrogen) atoms. The quantitative estimate of drug-likeness (QED) is 0.871. The molecule has 2 aliphatic rings. The highest BCUT2D eigenvalue weighted by molar-refractivity contribution is 5.96. The lowest BCUT2D eigenvalue weighted by atomic mass is 10.2. The average molecular weight is 376 g/mol. The number of amides is 2. The van der Waals surface area contributed by atoms with Crippen LogP contribution >= 0.6 is 0 Å². The molecule has 0 aromatic carbocycles. The summed E-state index contributed by atoms with van der Waals surface area (Å²) in [5.74, 6) is 0.659. The Hall–Kier alpha value is -2.35. The third-order valence-electron chi connectivity index (χ3n) is 4.53. The predicted octanol–water partition coefficient (Wildman–Crippen LogP) is 2.26. The van der Waals surface area contributed by atoms with Crippen LogP contribution in [0.2, 0.25) is 0 Å². The second-order valence-corrected chi connectivity index (χ2v) is 7.83. The van der Waals surface area contributed by atoms with Gasteiger partial charge in [0.15, 0.2) is 0 Å². The standard InChI is InChI=1S/C19H28N4O4/c1-19(2,3)27-18(25)23-8-4-5-15(23)17(24)21-14-6-7-16(20-13-14)22-9-11-26-12-10-22/h6-7,13,15H,4-5,8-12H2,1-3H3,(H,21,24). The Kier molecular flexibility index (Phi) is 5.84. The first kappa shape index (κ1) is 19.4. The number of pyridine rings is 1. The van der Waals surface area contributed by atoms with Crippen LogP contribution in [0.3, 0.4) is 0 Å². The molecular weight excluding hydrogens is 348 g/mol. The summed E-state index contributed by atoms with van der Waals surface area (Å²) in [7, 11) is 0. The Morgan fingerprint density at radius 2 is 1.96 bits per heavy atom. The zero-order valence-corrected chi connectivity index (χ0v) is 16.2. The second-order valence-electron chi connectivity index (χ2n) is 7.83. The third-order valence-corrected chi connectivity index (χ3v) is 4.53. The number of morpholine rings is 1. The lowest BCUT2D eigenvalue weighted by molar-refractivity contribution is -0.120. The van der Waals surface area contributed by atoms with Gasteiger partial charge in [0.25, 0.3) is 0 Å². The molecule has 3 rings (SSSR count).